The Hall–Kier alpha value is -1.45. The van der Waals surface area contributed by atoms with E-state index in [-0.39, 0.29) is 12.2 Å². The number of furan rings is 1. The van der Waals surface area contributed by atoms with E-state index in [9.17, 15) is 4.79 Å². The third-order valence-corrected chi connectivity index (χ3v) is 2.31. The van der Waals surface area contributed by atoms with Crippen LogP contribution in [0, 0.1) is 0 Å². The average molecular weight is 195 g/mol. The normalized spacial score (nSPS) is 16.0. The molecule has 1 aliphatic rings. The van der Waals surface area contributed by atoms with Crippen LogP contribution in [0.1, 0.15) is 25.0 Å². The van der Waals surface area contributed by atoms with Crippen LogP contribution in [0.4, 0.5) is 4.79 Å². The van der Waals surface area contributed by atoms with Crippen molar-refractivity contribution >= 4 is 6.09 Å². The molecule has 0 saturated heterocycles. The maximum absolute atomic E-state index is 11.2. The molecule has 1 aromatic heterocycles. The Labute approximate surface area is 82.2 Å². The summed E-state index contributed by atoms with van der Waals surface area (Å²) in [5.41, 5.74) is 0. The molecule has 1 aliphatic carbocycles. The zero-order valence-electron chi connectivity index (χ0n) is 7.86. The first kappa shape index (κ1) is 9.12. The first-order chi connectivity index (χ1) is 6.84. The van der Waals surface area contributed by atoms with E-state index in [4.69, 9.17) is 9.15 Å². The van der Waals surface area contributed by atoms with Crippen LogP contribution in [-0.2, 0) is 11.3 Å². The van der Waals surface area contributed by atoms with Crippen molar-refractivity contribution in [2.45, 2.75) is 31.9 Å². The lowest BCUT2D eigenvalue weighted by molar-refractivity contribution is 0.0519. The van der Waals surface area contributed by atoms with E-state index < -0.39 is 0 Å². The highest BCUT2D eigenvalue weighted by Crippen LogP contribution is 2.21. The Kier molecular flexibility index (Phi) is 2.72. The molecule has 4 nitrogen and oxygen atoms in total. The summed E-state index contributed by atoms with van der Waals surface area (Å²) in [7, 11) is 0. The highest BCUT2D eigenvalue weighted by molar-refractivity contribution is 5.67. The maximum Gasteiger partial charge on any atom is 0.407 e. The molecular formula is C10H13NO3. The van der Waals surface area contributed by atoms with Gasteiger partial charge in [0.25, 0.3) is 0 Å². The number of carbonyl (C=O) groups excluding carboxylic acids is 1. The third kappa shape index (κ3) is 2.28. The summed E-state index contributed by atoms with van der Waals surface area (Å²) in [6, 6.07) is 3.60. The fraction of sp³-hybridized carbons (Fsp3) is 0.500. The SMILES string of the molecule is O=C(NCc1ccco1)OC1CCC1. The van der Waals surface area contributed by atoms with Crippen LogP contribution in [-0.4, -0.2) is 12.2 Å². The lowest BCUT2D eigenvalue weighted by Crippen LogP contribution is -2.31. The highest BCUT2D eigenvalue weighted by atomic mass is 16.6. The summed E-state index contributed by atoms with van der Waals surface area (Å²) < 4.78 is 10.2. The van der Waals surface area contributed by atoms with E-state index >= 15 is 0 Å². The van der Waals surface area contributed by atoms with Gasteiger partial charge in [-0.2, -0.15) is 0 Å². The molecule has 1 fully saturated rings. The molecule has 0 unspecified atom stereocenters. The summed E-state index contributed by atoms with van der Waals surface area (Å²) in [5, 5.41) is 2.63. The number of hydrogen-bond acceptors (Lipinski definition) is 3. The van der Waals surface area contributed by atoms with Crippen molar-refractivity contribution in [1.29, 1.82) is 0 Å². The minimum atomic E-state index is -0.355. The van der Waals surface area contributed by atoms with Gasteiger partial charge in [0.05, 0.1) is 12.8 Å². The maximum atomic E-state index is 11.2. The zero-order valence-corrected chi connectivity index (χ0v) is 7.86. The van der Waals surface area contributed by atoms with Gasteiger partial charge in [0.1, 0.15) is 11.9 Å². The molecule has 0 radical (unpaired) electrons. The molecule has 4 heteroatoms. The van der Waals surface area contributed by atoms with Gasteiger partial charge in [0.2, 0.25) is 0 Å². The molecule has 76 valence electrons. The molecule has 0 aliphatic heterocycles. The minimum Gasteiger partial charge on any atom is -0.467 e. The van der Waals surface area contributed by atoms with Gasteiger partial charge >= 0.3 is 6.09 Å². The standard InChI is InChI=1S/C10H13NO3/c12-10(14-8-3-1-4-8)11-7-9-5-2-6-13-9/h2,5-6,8H,1,3-4,7H2,(H,11,12). The zero-order chi connectivity index (χ0) is 9.80. The van der Waals surface area contributed by atoms with Crippen molar-refractivity contribution in [3.63, 3.8) is 0 Å². The van der Waals surface area contributed by atoms with Crippen LogP contribution in [0.15, 0.2) is 22.8 Å². The first-order valence-electron chi connectivity index (χ1n) is 4.81. The fourth-order valence-corrected chi connectivity index (χ4v) is 1.25. The Morgan fingerprint density at radius 1 is 1.64 bits per heavy atom. The molecule has 1 amide bonds. The van der Waals surface area contributed by atoms with Gasteiger partial charge < -0.3 is 14.5 Å². The van der Waals surface area contributed by atoms with Crippen molar-refractivity contribution in [2.75, 3.05) is 0 Å². The van der Waals surface area contributed by atoms with Gasteiger partial charge in [-0.3, -0.25) is 0 Å². The van der Waals surface area contributed by atoms with Crippen LogP contribution in [0.3, 0.4) is 0 Å². The Morgan fingerprint density at radius 2 is 2.50 bits per heavy atom. The van der Waals surface area contributed by atoms with Crippen LogP contribution >= 0.6 is 0 Å². The number of carbonyl (C=O) groups is 1. The lowest BCUT2D eigenvalue weighted by Gasteiger charge is -2.24. The van der Waals surface area contributed by atoms with Gasteiger partial charge in [-0.1, -0.05) is 0 Å². The predicted molar refractivity (Wildman–Crippen MR) is 49.7 cm³/mol. The van der Waals surface area contributed by atoms with Gasteiger partial charge in [0, 0.05) is 0 Å². The number of alkyl carbamates (subject to hydrolysis) is 1. The smallest absolute Gasteiger partial charge is 0.407 e. The number of ether oxygens (including phenoxy) is 1. The molecule has 1 saturated carbocycles. The van der Waals surface area contributed by atoms with Crippen molar-refractivity contribution in [1.82, 2.24) is 5.32 Å². The molecule has 14 heavy (non-hydrogen) atoms. The Balaban J connectivity index is 1.67. The van der Waals surface area contributed by atoms with Gasteiger partial charge in [-0.25, -0.2) is 4.79 Å². The van der Waals surface area contributed by atoms with Crippen LogP contribution in [0.5, 0.6) is 0 Å². The summed E-state index contributed by atoms with van der Waals surface area (Å²) in [4.78, 5) is 11.2. The number of nitrogens with one attached hydrogen (secondary N) is 1. The van der Waals surface area contributed by atoms with Gasteiger partial charge in [0.15, 0.2) is 0 Å². The molecule has 0 spiro atoms. The average Bonchev–Trinajstić information content (AvgIpc) is 2.60. The predicted octanol–water partition coefficient (Wildman–Crippen LogP) is 2.06. The minimum absolute atomic E-state index is 0.131. The quantitative estimate of drug-likeness (QED) is 0.803. The van der Waals surface area contributed by atoms with Crippen LogP contribution in [0.2, 0.25) is 0 Å². The molecule has 0 bridgehead atoms. The second kappa shape index (κ2) is 4.17. The summed E-state index contributed by atoms with van der Waals surface area (Å²) in [6.45, 7) is 0.387. The van der Waals surface area contributed by atoms with E-state index in [1.807, 2.05) is 6.07 Å². The fourth-order valence-electron chi connectivity index (χ4n) is 1.25. The Morgan fingerprint density at radius 3 is 3.07 bits per heavy atom. The van der Waals surface area contributed by atoms with Crippen LogP contribution in [0.25, 0.3) is 0 Å². The summed E-state index contributed by atoms with van der Waals surface area (Å²) in [6.07, 6.45) is 4.50. The second-order valence-corrected chi connectivity index (χ2v) is 3.39. The van der Waals surface area contributed by atoms with Crippen molar-refractivity contribution in [3.05, 3.63) is 24.2 Å². The number of amides is 1. The Bertz CT molecular complexity index is 290. The van der Waals surface area contributed by atoms with E-state index in [1.54, 1.807) is 12.3 Å². The molecule has 1 N–H and O–H groups in total. The second-order valence-electron chi connectivity index (χ2n) is 3.39. The number of hydrogen-bond donors (Lipinski definition) is 1. The van der Waals surface area contributed by atoms with E-state index in [2.05, 4.69) is 5.32 Å². The van der Waals surface area contributed by atoms with Crippen molar-refractivity contribution < 1.29 is 13.9 Å². The molecule has 0 atom stereocenters. The molecule has 2 rings (SSSR count). The third-order valence-electron chi connectivity index (χ3n) is 2.31. The summed E-state index contributed by atoms with van der Waals surface area (Å²) >= 11 is 0. The number of rotatable bonds is 3. The van der Waals surface area contributed by atoms with Crippen molar-refractivity contribution in [3.8, 4) is 0 Å². The molecule has 0 aromatic carbocycles. The van der Waals surface area contributed by atoms with E-state index in [1.165, 1.54) is 0 Å². The van der Waals surface area contributed by atoms with E-state index in [0.29, 0.717) is 6.54 Å². The van der Waals surface area contributed by atoms with Crippen molar-refractivity contribution in [2.24, 2.45) is 0 Å². The highest BCUT2D eigenvalue weighted by Gasteiger charge is 2.21. The largest absolute Gasteiger partial charge is 0.467 e. The molecule has 1 aromatic rings. The molecular weight excluding hydrogens is 182 g/mol. The lowest BCUT2D eigenvalue weighted by atomic mass is 9.96. The van der Waals surface area contributed by atoms with Gasteiger partial charge in [-0.15, -0.1) is 0 Å². The molecule has 1 heterocycles. The monoisotopic (exact) mass is 195 g/mol. The van der Waals surface area contributed by atoms with Crippen LogP contribution < -0.4 is 5.32 Å². The first-order valence-corrected chi connectivity index (χ1v) is 4.81. The van der Waals surface area contributed by atoms with E-state index in [0.717, 1.165) is 25.0 Å². The summed E-state index contributed by atoms with van der Waals surface area (Å²) in [5.74, 6) is 0.732. The van der Waals surface area contributed by atoms with Gasteiger partial charge in [-0.05, 0) is 31.4 Å². The topological polar surface area (TPSA) is 51.5 Å².